The largest absolute Gasteiger partial charge is 0.563 e. The first-order valence-electron chi connectivity index (χ1n) is 5.51. The van der Waals surface area contributed by atoms with E-state index < -0.39 is 13.2 Å². The Morgan fingerprint density at radius 1 is 1.00 bits per heavy atom. The molecule has 0 heterocycles. The third-order valence-electron chi connectivity index (χ3n) is 2.32. The van der Waals surface area contributed by atoms with Crippen LogP contribution < -0.4 is 10.8 Å². The second-order valence-electron chi connectivity index (χ2n) is 3.66. The van der Waals surface area contributed by atoms with Crippen LogP contribution in [0, 0.1) is 0 Å². The summed E-state index contributed by atoms with van der Waals surface area (Å²) in [6.07, 6.45) is -0.697. The maximum Gasteiger partial charge on any atom is 0.563 e. The third-order valence-corrected chi connectivity index (χ3v) is 2.32. The molecule has 2 aromatic rings. The highest BCUT2D eigenvalue weighted by Gasteiger charge is 2.21. The van der Waals surface area contributed by atoms with E-state index in [2.05, 4.69) is 5.32 Å². The summed E-state index contributed by atoms with van der Waals surface area (Å²) in [5.74, 6) is 0. The van der Waals surface area contributed by atoms with E-state index >= 15 is 0 Å². The zero-order chi connectivity index (χ0) is 12.8. The number of para-hydroxylation sites is 1. The number of amides is 1. The molecule has 4 nitrogen and oxygen atoms in total. The maximum absolute atomic E-state index is 11.5. The van der Waals surface area contributed by atoms with Crippen molar-refractivity contribution in [3.05, 3.63) is 60.7 Å². The van der Waals surface area contributed by atoms with E-state index in [0.717, 1.165) is 0 Å². The molecule has 0 aliphatic carbocycles. The second kappa shape index (κ2) is 5.88. The molecule has 2 aromatic carbocycles. The van der Waals surface area contributed by atoms with Crippen molar-refractivity contribution in [1.82, 2.24) is 0 Å². The molecular weight excluding hydrogens is 229 g/mol. The van der Waals surface area contributed by atoms with Gasteiger partial charge in [-0.05, 0) is 17.6 Å². The van der Waals surface area contributed by atoms with Gasteiger partial charge in [-0.15, -0.1) is 0 Å². The van der Waals surface area contributed by atoms with E-state index in [0.29, 0.717) is 11.2 Å². The Labute approximate surface area is 105 Å². The standard InChI is InChI=1S/C13H12BNO3/c16-13(15-12-9-5-2-6-10-12)18-14(17)11-7-3-1-4-8-11/h1-10,17H,(H,15,16). The van der Waals surface area contributed by atoms with Crippen LogP contribution in [0.3, 0.4) is 0 Å². The van der Waals surface area contributed by atoms with Gasteiger partial charge in [0, 0.05) is 5.69 Å². The second-order valence-corrected chi connectivity index (χ2v) is 3.66. The average Bonchev–Trinajstić information content (AvgIpc) is 2.40. The SMILES string of the molecule is O=C(Nc1ccccc1)OB(O)c1ccccc1. The van der Waals surface area contributed by atoms with Crippen LogP contribution in [0.2, 0.25) is 0 Å². The van der Waals surface area contributed by atoms with Gasteiger partial charge in [-0.1, -0.05) is 48.5 Å². The molecule has 0 radical (unpaired) electrons. The van der Waals surface area contributed by atoms with Gasteiger partial charge in [0.1, 0.15) is 0 Å². The van der Waals surface area contributed by atoms with Crippen molar-refractivity contribution >= 4 is 24.4 Å². The average molecular weight is 241 g/mol. The molecule has 5 heteroatoms. The minimum absolute atomic E-state index is 0.528. The van der Waals surface area contributed by atoms with Crippen molar-refractivity contribution in [3.63, 3.8) is 0 Å². The van der Waals surface area contributed by atoms with Crippen LogP contribution in [-0.2, 0) is 4.65 Å². The lowest BCUT2D eigenvalue weighted by atomic mass is 9.80. The molecule has 0 aliphatic heterocycles. The van der Waals surface area contributed by atoms with Gasteiger partial charge in [0.2, 0.25) is 0 Å². The molecule has 0 bridgehead atoms. The van der Waals surface area contributed by atoms with E-state index in [-0.39, 0.29) is 0 Å². The highest BCUT2D eigenvalue weighted by atomic mass is 16.6. The Bertz CT molecular complexity index is 504. The fourth-order valence-electron chi connectivity index (χ4n) is 1.46. The normalized spacial score (nSPS) is 9.61. The van der Waals surface area contributed by atoms with Gasteiger partial charge in [0.05, 0.1) is 0 Å². The zero-order valence-corrected chi connectivity index (χ0v) is 9.61. The molecule has 0 atom stereocenters. The molecule has 0 saturated heterocycles. The van der Waals surface area contributed by atoms with Crippen LogP contribution >= 0.6 is 0 Å². The topological polar surface area (TPSA) is 58.6 Å². The summed E-state index contributed by atoms with van der Waals surface area (Å²) in [4.78, 5) is 11.5. The number of hydrogen-bond acceptors (Lipinski definition) is 3. The van der Waals surface area contributed by atoms with Gasteiger partial charge >= 0.3 is 13.2 Å². The molecule has 18 heavy (non-hydrogen) atoms. The Hall–Kier alpha value is -2.27. The van der Waals surface area contributed by atoms with Crippen LogP contribution in [0.5, 0.6) is 0 Å². The summed E-state index contributed by atoms with van der Waals surface area (Å²) in [5.41, 5.74) is 1.14. The van der Waals surface area contributed by atoms with Crippen molar-refractivity contribution in [3.8, 4) is 0 Å². The lowest BCUT2D eigenvalue weighted by molar-refractivity contribution is 0.208. The summed E-state index contributed by atoms with van der Waals surface area (Å²) < 4.78 is 4.85. The quantitative estimate of drug-likeness (QED) is 0.802. The van der Waals surface area contributed by atoms with Crippen molar-refractivity contribution in [2.45, 2.75) is 0 Å². The predicted molar refractivity (Wildman–Crippen MR) is 70.6 cm³/mol. The molecule has 0 spiro atoms. The maximum atomic E-state index is 11.5. The lowest BCUT2D eigenvalue weighted by Crippen LogP contribution is -2.37. The summed E-state index contributed by atoms with van der Waals surface area (Å²) >= 11 is 0. The Morgan fingerprint density at radius 2 is 1.56 bits per heavy atom. The van der Waals surface area contributed by atoms with Crippen molar-refractivity contribution in [2.24, 2.45) is 0 Å². The highest BCUT2D eigenvalue weighted by molar-refractivity contribution is 6.61. The van der Waals surface area contributed by atoms with Crippen LogP contribution in [0.25, 0.3) is 0 Å². The summed E-state index contributed by atoms with van der Waals surface area (Å²) in [5, 5.41) is 12.2. The van der Waals surface area contributed by atoms with E-state index in [4.69, 9.17) is 4.65 Å². The van der Waals surface area contributed by atoms with E-state index in [1.165, 1.54) is 0 Å². The molecular formula is C13H12BNO3. The van der Waals surface area contributed by atoms with Gasteiger partial charge in [-0.2, -0.15) is 0 Å². The van der Waals surface area contributed by atoms with Crippen LogP contribution in [0.15, 0.2) is 60.7 Å². The fourth-order valence-corrected chi connectivity index (χ4v) is 1.46. The summed E-state index contributed by atoms with van der Waals surface area (Å²) in [7, 11) is -1.27. The number of anilines is 1. The first kappa shape index (κ1) is 12.2. The Kier molecular flexibility index (Phi) is 3.99. The molecule has 1 amide bonds. The van der Waals surface area contributed by atoms with E-state index in [9.17, 15) is 9.82 Å². The number of carbonyl (C=O) groups is 1. The molecule has 0 saturated carbocycles. The summed E-state index contributed by atoms with van der Waals surface area (Å²) in [6, 6.07) is 17.6. The van der Waals surface area contributed by atoms with E-state index in [1.807, 2.05) is 12.1 Å². The van der Waals surface area contributed by atoms with Crippen molar-refractivity contribution in [1.29, 1.82) is 0 Å². The first-order chi connectivity index (χ1) is 8.75. The van der Waals surface area contributed by atoms with Gasteiger partial charge in [-0.25, -0.2) is 4.79 Å². The summed E-state index contributed by atoms with van der Waals surface area (Å²) in [6.45, 7) is 0. The first-order valence-corrected chi connectivity index (χ1v) is 5.51. The molecule has 0 aromatic heterocycles. The van der Waals surface area contributed by atoms with Crippen molar-refractivity contribution in [2.75, 3.05) is 5.32 Å². The zero-order valence-electron chi connectivity index (χ0n) is 9.61. The molecule has 90 valence electrons. The highest BCUT2D eigenvalue weighted by Crippen LogP contribution is 2.05. The predicted octanol–water partition coefficient (Wildman–Crippen LogP) is 1.62. The van der Waals surface area contributed by atoms with Gasteiger partial charge in [0.25, 0.3) is 0 Å². The van der Waals surface area contributed by atoms with Crippen LogP contribution in [-0.4, -0.2) is 18.2 Å². The third kappa shape index (κ3) is 3.36. The Morgan fingerprint density at radius 3 is 2.17 bits per heavy atom. The molecule has 0 unspecified atom stereocenters. The van der Waals surface area contributed by atoms with Crippen LogP contribution in [0.4, 0.5) is 10.5 Å². The molecule has 0 aliphatic rings. The lowest BCUT2D eigenvalue weighted by Gasteiger charge is -2.09. The molecule has 2 rings (SSSR count). The number of hydrogen-bond donors (Lipinski definition) is 2. The number of benzene rings is 2. The smallest absolute Gasteiger partial charge is 0.489 e. The molecule has 2 N–H and O–H groups in total. The fraction of sp³-hybridized carbons (Fsp3) is 0. The number of nitrogens with one attached hydrogen (secondary N) is 1. The van der Waals surface area contributed by atoms with E-state index in [1.54, 1.807) is 48.5 Å². The Balaban J connectivity index is 1.92. The number of carbonyl (C=O) groups excluding carboxylic acids is 1. The van der Waals surface area contributed by atoms with Gasteiger partial charge in [-0.3, -0.25) is 5.32 Å². The van der Waals surface area contributed by atoms with Crippen molar-refractivity contribution < 1.29 is 14.5 Å². The molecule has 0 fully saturated rings. The minimum atomic E-state index is -1.27. The minimum Gasteiger partial charge on any atom is -0.489 e. The van der Waals surface area contributed by atoms with Gasteiger partial charge in [0.15, 0.2) is 0 Å². The monoisotopic (exact) mass is 241 g/mol. The van der Waals surface area contributed by atoms with Gasteiger partial charge < -0.3 is 9.68 Å². The number of rotatable bonds is 3. The van der Waals surface area contributed by atoms with Crippen LogP contribution in [0.1, 0.15) is 0 Å².